The Morgan fingerprint density at radius 1 is 1.28 bits per heavy atom. The van der Waals surface area contributed by atoms with Gasteiger partial charge in [0.1, 0.15) is 10.6 Å². The molecule has 0 aliphatic heterocycles. The second-order valence-electron chi connectivity index (χ2n) is 5.60. The van der Waals surface area contributed by atoms with Crippen molar-refractivity contribution in [3.05, 3.63) is 39.2 Å². The van der Waals surface area contributed by atoms with E-state index in [0.717, 1.165) is 21.3 Å². The topological polar surface area (TPSA) is 80.9 Å². The number of thiophene rings is 1. The minimum absolute atomic E-state index is 0.142. The van der Waals surface area contributed by atoms with Crippen LogP contribution < -0.4 is 11.1 Å². The van der Waals surface area contributed by atoms with Gasteiger partial charge < -0.3 is 11.1 Å². The molecule has 1 aromatic carbocycles. The standard InChI is InChI=1S/C17H17ClN4OS2/c1-8-10(3)25-16-14(8)15(19)21-17(22-16)24-7-13(23)20-12-6-4-5-11(18)9(12)2/h4-6H,7H2,1-3H3,(H,20,23)(H2,19,21,22). The normalized spacial score (nSPS) is 11.0. The van der Waals surface area contributed by atoms with E-state index in [2.05, 4.69) is 15.3 Å². The Morgan fingerprint density at radius 2 is 2.04 bits per heavy atom. The van der Waals surface area contributed by atoms with Crippen molar-refractivity contribution >= 4 is 62.3 Å². The molecule has 3 rings (SSSR count). The lowest BCUT2D eigenvalue weighted by molar-refractivity contribution is -0.113. The molecule has 0 atom stereocenters. The van der Waals surface area contributed by atoms with Crippen LogP contribution in [0.1, 0.15) is 16.0 Å². The predicted octanol–water partition coefficient (Wildman–Crippen LogP) is 4.58. The Balaban J connectivity index is 1.72. The summed E-state index contributed by atoms with van der Waals surface area (Å²) >= 11 is 8.92. The molecule has 8 heteroatoms. The van der Waals surface area contributed by atoms with E-state index in [9.17, 15) is 4.79 Å². The summed E-state index contributed by atoms with van der Waals surface area (Å²) in [7, 11) is 0. The number of nitrogens with one attached hydrogen (secondary N) is 1. The average molecular weight is 393 g/mol. The van der Waals surface area contributed by atoms with Crippen molar-refractivity contribution < 1.29 is 4.79 Å². The monoisotopic (exact) mass is 392 g/mol. The predicted molar refractivity (Wildman–Crippen MR) is 107 cm³/mol. The van der Waals surface area contributed by atoms with Gasteiger partial charge in [-0.2, -0.15) is 0 Å². The summed E-state index contributed by atoms with van der Waals surface area (Å²) in [6.07, 6.45) is 0. The molecule has 0 unspecified atom stereocenters. The highest BCUT2D eigenvalue weighted by Crippen LogP contribution is 2.33. The highest BCUT2D eigenvalue weighted by Gasteiger charge is 2.14. The number of carbonyl (C=O) groups is 1. The van der Waals surface area contributed by atoms with Crippen molar-refractivity contribution in [2.24, 2.45) is 0 Å². The van der Waals surface area contributed by atoms with Gasteiger partial charge in [-0.15, -0.1) is 11.3 Å². The van der Waals surface area contributed by atoms with Gasteiger partial charge in [0.15, 0.2) is 5.16 Å². The van der Waals surface area contributed by atoms with Crippen molar-refractivity contribution in [3.63, 3.8) is 0 Å². The minimum Gasteiger partial charge on any atom is -0.383 e. The number of hydrogen-bond donors (Lipinski definition) is 2. The molecule has 0 saturated heterocycles. The van der Waals surface area contributed by atoms with Crippen LogP contribution in [0.3, 0.4) is 0 Å². The number of thioether (sulfide) groups is 1. The number of halogens is 1. The smallest absolute Gasteiger partial charge is 0.234 e. The van der Waals surface area contributed by atoms with Gasteiger partial charge in [0.25, 0.3) is 0 Å². The molecule has 5 nitrogen and oxygen atoms in total. The Kier molecular flexibility index (Phi) is 5.17. The zero-order valence-corrected chi connectivity index (χ0v) is 16.4. The number of rotatable bonds is 4. The maximum absolute atomic E-state index is 12.2. The van der Waals surface area contributed by atoms with Crippen LogP contribution in [0, 0.1) is 20.8 Å². The van der Waals surface area contributed by atoms with Crippen LogP contribution >= 0.6 is 34.7 Å². The SMILES string of the molecule is Cc1sc2nc(SCC(=O)Nc3cccc(Cl)c3C)nc(N)c2c1C. The lowest BCUT2D eigenvalue weighted by atomic mass is 10.2. The average Bonchev–Trinajstić information content (AvgIpc) is 2.85. The summed E-state index contributed by atoms with van der Waals surface area (Å²) in [4.78, 5) is 23.1. The van der Waals surface area contributed by atoms with Crippen LogP contribution in [0.5, 0.6) is 0 Å². The molecule has 130 valence electrons. The van der Waals surface area contributed by atoms with Crippen LogP contribution in [-0.4, -0.2) is 21.6 Å². The second kappa shape index (κ2) is 7.19. The molecular weight excluding hydrogens is 376 g/mol. The third kappa shape index (κ3) is 3.73. The summed E-state index contributed by atoms with van der Waals surface area (Å²) in [5, 5.41) is 4.89. The largest absolute Gasteiger partial charge is 0.383 e. The summed E-state index contributed by atoms with van der Waals surface area (Å²) in [5.41, 5.74) is 8.73. The molecule has 0 fully saturated rings. The summed E-state index contributed by atoms with van der Waals surface area (Å²) in [6.45, 7) is 5.92. The first-order chi connectivity index (χ1) is 11.9. The van der Waals surface area contributed by atoms with Crippen LogP contribution in [0.2, 0.25) is 5.02 Å². The third-order valence-electron chi connectivity index (χ3n) is 3.91. The molecule has 2 aromatic heterocycles. The number of aromatic nitrogens is 2. The van der Waals surface area contributed by atoms with Crippen LogP contribution in [0.4, 0.5) is 11.5 Å². The van der Waals surface area contributed by atoms with Crippen LogP contribution in [-0.2, 0) is 4.79 Å². The van der Waals surface area contributed by atoms with E-state index in [1.54, 1.807) is 23.5 Å². The van der Waals surface area contributed by atoms with Crippen LogP contribution in [0.25, 0.3) is 10.2 Å². The molecular formula is C17H17ClN4OS2. The lowest BCUT2D eigenvalue weighted by Crippen LogP contribution is -2.15. The maximum atomic E-state index is 12.2. The number of nitrogens with two attached hydrogens (primary N) is 1. The first kappa shape index (κ1) is 18.0. The van der Waals surface area contributed by atoms with Gasteiger partial charge in [-0.05, 0) is 44.0 Å². The number of amides is 1. The van der Waals surface area contributed by atoms with E-state index < -0.39 is 0 Å². The lowest BCUT2D eigenvalue weighted by Gasteiger charge is -2.09. The van der Waals surface area contributed by atoms with E-state index in [1.807, 2.05) is 26.8 Å². The fourth-order valence-corrected chi connectivity index (χ4v) is 4.30. The van der Waals surface area contributed by atoms with Crippen LogP contribution in [0.15, 0.2) is 23.4 Å². The number of carbonyl (C=O) groups excluding carboxylic acids is 1. The van der Waals surface area contributed by atoms with E-state index in [-0.39, 0.29) is 11.7 Å². The zero-order valence-electron chi connectivity index (χ0n) is 14.0. The number of aryl methyl sites for hydroxylation is 2. The van der Waals surface area contributed by atoms with Crippen molar-refractivity contribution in [2.75, 3.05) is 16.8 Å². The maximum Gasteiger partial charge on any atom is 0.234 e. The molecule has 3 N–H and O–H groups in total. The van der Waals surface area contributed by atoms with Crippen molar-refractivity contribution in [2.45, 2.75) is 25.9 Å². The zero-order chi connectivity index (χ0) is 18.1. The number of nitrogen functional groups attached to an aromatic ring is 1. The fourth-order valence-electron chi connectivity index (χ4n) is 2.38. The van der Waals surface area contributed by atoms with E-state index in [4.69, 9.17) is 17.3 Å². The molecule has 0 aliphatic rings. The van der Waals surface area contributed by atoms with E-state index in [0.29, 0.717) is 21.7 Å². The number of benzene rings is 1. The van der Waals surface area contributed by atoms with Crippen molar-refractivity contribution in [3.8, 4) is 0 Å². The Morgan fingerprint density at radius 3 is 2.80 bits per heavy atom. The second-order valence-corrected chi connectivity index (χ2v) is 8.16. The fraction of sp³-hybridized carbons (Fsp3) is 0.235. The number of nitrogens with zero attached hydrogens (tertiary/aromatic N) is 2. The van der Waals surface area contributed by atoms with E-state index >= 15 is 0 Å². The Bertz CT molecular complexity index is 971. The van der Waals surface area contributed by atoms with E-state index in [1.165, 1.54) is 16.6 Å². The number of hydrogen-bond acceptors (Lipinski definition) is 6. The molecule has 0 aliphatic carbocycles. The van der Waals surface area contributed by atoms with Gasteiger partial charge in [0, 0.05) is 15.6 Å². The van der Waals surface area contributed by atoms with Gasteiger partial charge in [-0.1, -0.05) is 29.4 Å². The molecule has 3 aromatic rings. The van der Waals surface area contributed by atoms with Gasteiger partial charge in [0.2, 0.25) is 5.91 Å². The van der Waals surface area contributed by atoms with Gasteiger partial charge in [0.05, 0.1) is 11.1 Å². The number of anilines is 2. The summed E-state index contributed by atoms with van der Waals surface area (Å²) in [5.74, 6) is 0.511. The van der Waals surface area contributed by atoms with Gasteiger partial charge in [-0.25, -0.2) is 9.97 Å². The first-order valence-electron chi connectivity index (χ1n) is 7.57. The molecule has 0 spiro atoms. The molecule has 0 saturated carbocycles. The summed E-state index contributed by atoms with van der Waals surface area (Å²) < 4.78 is 0. The summed E-state index contributed by atoms with van der Waals surface area (Å²) in [6, 6.07) is 5.41. The quantitative estimate of drug-likeness (QED) is 0.501. The Labute approximate surface area is 159 Å². The molecule has 2 heterocycles. The molecule has 0 radical (unpaired) electrons. The third-order valence-corrected chi connectivity index (χ3v) is 6.27. The number of fused-ring (bicyclic) bond motifs is 1. The van der Waals surface area contributed by atoms with Gasteiger partial charge >= 0.3 is 0 Å². The highest BCUT2D eigenvalue weighted by molar-refractivity contribution is 7.99. The van der Waals surface area contributed by atoms with Crippen molar-refractivity contribution in [1.82, 2.24) is 9.97 Å². The first-order valence-corrected chi connectivity index (χ1v) is 9.75. The highest BCUT2D eigenvalue weighted by atomic mass is 35.5. The van der Waals surface area contributed by atoms with Gasteiger partial charge in [-0.3, -0.25) is 4.79 Å². The Hall–Kier alpha value is -1.83. The van der Waals surface area contributed by atoms with Crippen molar-refractivity contribution in [1.29, 1.82) is 0 Å². The molecule has 25 heavy (non-hydrogen) atoms. The molecule has 0 bridgehead atoms. The molecule has 1 amide bonds. The minimum atomic E-state index is -0.142.